The molecule has 9 heteroatoms. The van der Waals surface area contributed by atoms with E-state index >= 15 is 0 Å². The number of rotatable bonds is 8. The molecule has 0 bridgehead atoms. The average molecular weight is 499 g/mol. The number of ether oxygens (including phenoxy) is 3. The van der Waals surface area contributed by atoms with E-state index in [-0.39, 0.29) is 11.2 Å². The number of carboxylic acids is 1. The molecule has 0 saturated carbocycles. The lowest BCUT2D eigenvalue weighted by atomic mass is 10.1. The van der Waals surface area contributed by atoms with Gasteiger partial charge in [-0.05, 0) is 37.1 Å². The Bertz CT molecular complexity index is 1330. The first-order valence-corrected chi connectivity index (χ1v) is 12.2. The summed E-state index contributed by atoms with van der Waals surface area (Å²) in [6, 6.07) is 15.2. The Morgan fingerprint density at radius 1 is 1.26 bits per heavy atom. The summed E-state index contributed by atoms with van der Waals surface area (Å²) in [6.07, 6.45) is 2.72. The van der Waals surface area contributed by atoms with E-state index < -0.39 is 12.1 Å². The number of nitrogens with zero attached hydrogens (tertiary/aromatic N) is 2. The maximum atomic E-state index is 12.0. The van der Waals surface area contributed by atoms with Gasteiger partial charge in [-0.25, -0.2) is 9.78 Å². The van der Waals surface area contributed by atoms with Crippen LogP contribution >= 0.6 is 22.9 Å². The van der Waals surface area contributed by atoms with E-state index in [0.717, 1.165) is 46.3 Å². The van der Waals surface area contributed by atoms with E-state index in [1.165, 1.54) is 0 Å². The normalized spacial score (nSPS) is 15.1. The second-order valence-corrected chi connectivity index (χ2v) is 9.45. The molecule has 1 N–H and O–H groups in total. The van der Waals surface area contributed by atoms with Crippen LogP contribution < -0.4 is 4.74 Å². The fourth-order valence-corrected chi connectivity index (χ4v) is 5.22. The van der Waals surface area contributed by atoms with E-state index in [0.29, 0.717) is 29.0 Å². The van der Waals surface area contributed by atoms with E-state index in [2.05, 4.69) is 11.1 Å². The van der Waals surface area contributed by atoms with E-state index in [4.69, 9.17) is 25.8 Å². The van der Waals surface area contributed by atoms with Gasteiger partial charge in [0.25, 0.3) is 0 Å². The third kappa shape index (κ3) is 4.67. The van der Waals surface area contributed by atoms with Crippen LogP contribution in [0.15, 0.2) is 54.9 Å². The van der Waals surface area contributed by atoms with Gasteiger partial charge in [0.05, 0.1) is 24.2 Å². The number of aromatic carboxylic acids is 1. The number of halogens is 1. The van der Waals surface area contributed by atoms with Crippen molar-refractivity contribution in [3.8, 4) is 10.8 Å². The Balaban J connectivity index is 1.43. The molecule has 1 atom stereocenters. The molecule has 7 nitrogen and oxygen atoms in total. The van der Waals surface area contributed by atoms with Crippen LogP contribution in [0.25, 0.3) is 16.0 Å². The lowest BCUT2D eigenvalue weighted by Gasteiger charge is -2.15. The van der Waals surface area contributed by atoms with Crippen molar-refractivity contribution in [2.75, 3.05) is 13.2 Å². The molecule has 0 unspecified atom stereocenters. The van der Waals surface area contributed by atoms with Gasteiger partial charge < -0.3 is 19.3 Å². The van der Waals surface area contributed by atoms with Gasteiger partial charge in [-0.3, -0.25) is 4.57 Å². The summed E-state index contributed by atoms with van der Waals surface area (Å²) in [4.78, 5) is 16.6. The monoisotopic (exact) mass is 498 g/mol. The molecule has 1 aliphatic rings. The Labute approximate surface area is 205 Å². The predicted octanol–water partition coefficient (Wildman–Crippen LogP) is 5.88. The summed E-state index contributed by atoms with van der Waals surface area (Å²) >= 11 is 7.45. The number of benzene rings is 2. The Morgan fingerprint density at radius 2 is 2.06 bits per heavy atom. The molecular weight excluding hydrogens is 476 g/mol. The van der Waals surface area contributed by atoms with Crippen molar-refractivity contribution in [2.45, 2.75) is 32.2 Å². The van der Waals surface area contributed by atoms with Gasteiger partial charge in [0.1, 0.15) is 23.2 Å². The molecule has 1 aliphatic heterocycles. The molecule has 1 saturated heterocycles. The first kappa shape index (κ1) is 22.9. The first-order chi connectivity index (χ1) is 16.5. The van der Waals surface area contributed by atoms with Gasteiger partial charge in [-0.1, -0.05) is 35.9 Å². The van der Waals surface area contributed by atoms with Crippen LogP contribution in [0.2, 0.25) is 5.02 Å². The number of hydrogen-bond acceptors (Lipinski definition) is 6. The molecule has 5 rings (SSSR count). The first-order valence-electron chi connectivity index (χ1n) is 11.0. The van der Waals surface area contributed by atoms with Crippen molar-refractivity contribution in [2.24, 2.45) is 0 Å². The lowest BCUT2D eigenvalue weighted by Crippen LogP contribution is -2.08. The summed E-state index contributed by atoms with van der Waals surface area (Å²) in [7, 11) is 0. The Hall–Kier alpha value is -2.91. The molecule has 0 spiro atoms. The molecule has 2 aromatic carbocycles. The quantitative estimate of drug-likeness (QED) is 0.326. The highest BCUT2D eigenvalue weighted by Gasteiger charge is 2.22. The van der Waals surface area contributed by atoms with Crippen molar-refractivity contribution in [3.63, 3.8) is 0 Å². The van der Waals surface area contributed by atoms with Crippen LogP contribution in [0.5, 0.6) is 5.75 Å². The van der Waals surface area contributed by atoms with E-state index in [1.807, 2.05) is 41.8 Å². The van der Waals surface area contributed by atoms with Gasteiger partial charge in [0.15, 0.2) is 11.2 Å². The molecule has 2 aromatic heterocycles. The molecule has 3 heterocycles. The lowest BCUT2D eigenvalue weighted by molar-refractivity contribution is -0.0461. The maximum absolute atomic E-state index is 12.0. The summed E-state index contributed by atoms with van der Waals surface area (Å²) in [5.74, 6) is -0.743. The SMILES string of the molecule is C[C@@H](Oc1cc(-n2cnc3ccc(CCC4OCCO4)cc32)sc1C(=O)O)c1ccccc1Cl. The van der Waals surface area contributed by atoms with Crippen LogP contribution in [0, 0.1) is 0 Å². The summed E-state index contributed by atoms with van der Waals surface area (Å²) in [6.45, 7) is 3.13. The van der Waals surface area contributed by atoms with Crippen molar-refractivity contribution >= 4 is 39.9 Å². The summed E-state index contributed by atoms with van der Waals surface area (Å²) in [5, 5.41) is 11.1. The molecule has 0 aliphatic carbocycles. The fourth-order valence-electron chi connectivity index (χ4n) is 4.02. The second-order valence-electron chi connectivity index (χ2n) is 8.01. The maximum Gasteiger partial charge on any atom is 0.349 e. The zero-order chi connectivity index (χ0) is 23.7. The molecule has 34 heavy (non-hydrogen) atoms. The van der Waals surface area contributed by atoms with E-state index in [1.54, 1.807) is 18.5 Å². The minimum atomic E-state index is -1.04. The highest BCUT2D eigenvalue weighted by molar-refractivity contribution is 7.16. The molecule has 1 fully saturated rings. The van der Waals surface area contributed by atoms with Gasteiger partial charge in [0.2, 0.25) is 0 Å². The number of hydrogen-bond donors (Lipinski definition) is 1. The minimum Gasteiger partial charge on any atom is -0.484 e. The second kappa shape index (κ2) is 9.76. The number of aryl methyl sites for hydroxylation is 1. The fraction of sp³-hybridized carbons (Fsp3) is 0.280. The van der Waals surface area contributed by atoms with Crippen molar-refractivity contribution < 1.29 is 24.1 Å². The zero-order valence-electron chi connectivity index (χ0n) is 18.4. The number of carbonyl (C=O) groups is 1. The largest absolute Gasteiger partial charge is 0.484 e. The van der Waals surface area contributed by atoms with Crippen LogP contribution in [0.3, 0.4) is 0 Å². The zero-order valence-corrected chi connectivity index (χ0v) is 20.0. The number of carboxylic acid groups (broad SMARTS) is 1. The standard InChI is InChI=1S/C25H23ClN2O5S/c1-15(17-4-2-3-5-18(17)26)33-21-13-22(34-24(21)25(29)30)28-14-27-19-8-6-16(12-20(19)28)7-9-23-31-10-11-32-23/h2-6,8,12-15,23H,7,9-11H2,1H3,(H,29,30)/t15-/m1/s1. The van der Waals surface area contributed by atoms with Crippen molar-refractivity contribution in [3.05, 3.63) is 75.9 Å². The molecule has 0 radical (unpaired) electrons. The van der Waals surface area contributed by atoms with Crippen molar-refractivity contribution in [1.82, 2.24) is 9.55 Å². The molecule has 4 aromatic rings. The highest BCUT2D eigenvalue weighted by atomic mass is 35.5. The minimum absolute atomic E-state index is 0.127. The van der Waals surface area contributed by atoms with Gasteiger partial charge in [-0.2, -0.15) is 0 Å². The summed E-state index contributed by atoms with van der Waals surface area (Å²) < 4.78 is 19.0. The van der Waals surface area contributed by atoms with Crippen LogP contribution in [0.4, 0.5) is 0 Å². The topological polar surface area (TPSA) is 82.8 Å². The van der Waals surface area contributed by atoms with Gasteiger partial charge in [0, 0.05) is 23.1 Å². The third-order valence-electron chi connectivity index (χ3n) is 5.73. The predicted molar refractivity (Wildman–Crippen MR) is 130 cm³/mol. The Morgan fingerprint density at radius 3 is 2.82 bits per heavy atom. The number of fused-ring (bicyclic) bond motifs is 1. The van der Waals surface area contributed by atoms with Crippen molar-refractivity contribution in [1.29, 1.82) is 0 Å². The number of thiophene rings is 1. The van der Waals surface area contributed by atoms with E-state index in [9.17, 15) is 9.90 Å². The highest BCUT2D eigenvalue weighted by Crippen LogP contribution is 2.37. The van der Waals surface area contributed by atoms with Gasteiger partial charge in [-0.15, -0.1) is 11.3 Å². The molecular formula is C25H23ClN2O5S. The smallest absolute Gasteiger partial charge is 0.349 e. The molecule has 0 amide bonds. The molecule has 176 valence electrons. The van der Waals surface area contributed by atoms with Crippen LogP contribution in [0.1, 0.15) is 40.2 Å². The number of imidazole rings is 1. The third-order valence-corrected chi connectivity index (χ3v) is 7.18. The Kier molecular flexibility index (Phi) is 6.56. The summed E-state index contributed by atoms with van der Waals surface area (Å²) in [5.41, 5.74) is 3.65. The van der Waals surface area contributed by atoms with Crippen LogP contribution in [-0.4, -0.2) is 40.1 Å². The van der Waals surface area contributed by atoms with Crippen LogP contribution in [-0.2, 0) is 15.9 Å². The van der Waals surface area contributed by atoms with Gasteiger partial charge >= 0.3 is 5.97 Å². The average Bonchev–Trinajstić information content (AvgIpc) is 3.57. The number of aromatic nitrogens is 2.